The molecule has 2 aromatic heterocycles. The summed E-state index contributed by atoms with van der Waals surface area (Å²) in [7, 11) is 1.29. The Balaban J connectivity index is 1.84. The van der Waals surface area contributed by atoms with Crippen LogP contribution in [-0.2, 0) is 16.1 Å². The van der Waals surface area contributed by atoms with Gasteiger partial charge in [-0.25, -0.2) is 14.8 Å². The van der Waals surface area contributed by atoms with Crippen LogP contribution in [-0.4, -0.2) is 35.3 Å². The summed E-state index contributed by atoms with van der Waals surface area (Å²) in [6, 6.07) is 5.52. The van der Waals surface area contributed by atoms with Gasteiger partial charge in [0.1, 0.15) is 22.7 Å². The quantitative estimate of drug-likeness (QED) is 0.445. The number of nitrogens with two attached hydrogens (primary N) is 1. The molecule has 3 N–H and O–H groups in total. The summed E-state index contributed by atoms with van der Waals surface area (Å²) >= 11 is 0. The van der Waals surface area contributed by atoms with E-state index in [2.05, 4.69) is 20.0 Å². The Kier molecular flexibility index (Phi) is 6.09. The zero-order chi connectivity index (χ0) is 22.6. The lowest BCUT2D eigenvalue weighted by Gasteiger charge is -2.08. The van der Waals surface area contributed by atoms with Gasteiger partial charge in [0.25, 0.3) is 5.91 Å². The van der Waals surface area contributed by atoms with Crippen LogP contribution in [0.3, 0.4) is 0 Å². The van der Waals surface area contributed by atoms with E-state index in [1.54, 1.807) is 6.07 Å². The first kappa shape index (κ1) is 21.6. The van der Waals surface area contributed by atoms with E-state index in [1.807, 2.05) is 0 Å². The minimum atomic E-state index is -5.17. The molecule has 0 aliphatic heterocycles. The highest BCUT2D eigenvalue weighted by Gasteiger charge is 2.35. The van der Waals surface area contributed by atoms with Crippen molar-refractivity contribution in [3.8, 4) is 5.75 Å². The maximum absolute atomic E-state index is 12.5. The van der Waals surface area contributed by atoms with Gasteiger partial charge in [0, 0.05) is 24.0 Å². The summed E-state index contributed by atoms with van der Waals surface area (Å²) in [4.78, 5) is 32.2. The molecule has 162 valence electrons. The van der Waals surface area contributed by atoms with E-state index in [0.29, 0.717) is 0 Å². The number of ether oxygens (including phenoxy) is 2. The third-order valence-electron chi connectivity index (χ3n) is 3.95. The van der Waals surface area contributed by atoms with Crippen molar-refractivity contribution in [3.63, 3.8) is 0 Å². The molecule has 3 aromatic rings. The minimum Gasteiger partial charge on any atom is -0.497 e. The predicted molar refractivity (Wildman–Crippen MR) is 100 cm³/mol. The molecular formula is C19H15F3N4O5. The standard InChI is InChI=1S/C19H15F3N4O5/c1-29-11-5-10-6-12(30-15(10)13(7-11)18(28)31-19(20,21)22)9-26-17(27)14(8-23)16-24-3-2-4-25-16/h2-8H,9,23H2,1H3,(H,26,27)/b14-8+. The van der Waals surface area contributed by atoms with Crippen LogP contribution in [0.25, 0.3) is 16.5 Å². The van der Waals surface area contributed by atoms with Crippen molar-refractivity contribution >= 4 is 28.4 Å². The molecule has 31 heavy (non-hydrogen) atoms. The number of amides is 1. The van der Waals surface area contributed by atoms with Crippen molar-refractivity contribution in [2.45, 2.75) is 12.9 Å². The number of carbonyl (C=O) groups is 2. The maximum Gasteiger partial charge on any atom is 0.575 e. The Bertz CT molecular complexity index is 1140. The van der Waals surface area contributed by atoms with Crippen LogP contribution in [0.1, 0.15) is 21.9 Å². The lowest BCUT2D eigenvalue weighted by molar-refractivity contribution is -0.291. The van der Waals surface area contributed by atoms with Gasteiger partial charge in [0.2, 0.25) is 0 Å². The SMILES string of the molecule is COc1cc(C(=O)OC(F)(F)F)c2oc(CNC(=O)/C(=C/N)c3ncccn3)cc2c1. The summed E-state index contributed by atoms with van der Waals surface area (Å²) in [6.07, 6.45) is -1.25. The number of nitrogens with one attached hydrogen (secondary N) is 1. The largest absolute Gasteiger partial charge is 0.575 e. The first-order valence-electron chi connectivity index (χ1n) is 8.60. The van der Waals surface area contributed by atoms with Crippen LogP contribution in [0.2, 0.25) is 0 Å². The summed E-state index contributed by atoms with van der Waals surface area (Å²) < 4.78 is 51.3. The number of rotatable bonds is 6. The van der Waals surface area contributed by atoms with Gasteiger partial charge in [-0.3, -0.25) is 4.79 Å². The Morgan fingerprint density at radius 1 is 1.23 bits per heavy atom. The fourth-order valence-electron chi connectivity index (χ4n) is 2.65. The molecule has 2 heterocycles. The third-order valence-corrected chi connectivity index (χ3v) is 3.95. The number of halogens is 3. The van der Waals surface area contributed by atoms with Crippen LogP contribution in [0.5, 0.6) is 5.75 Å². The highest BCUT2D eigenvalue weighted by atomic mass is 19.4. The fraction of sp³-hybridized carbons (Fsp3) is 0.158. The summed E-state index contributed by atoms with van der Waals surface area (Å²) in [5, 5.41) is 2.81. The summed E-state index contributed by atoms with van der Waals surface area (Å²) in [5.74, 6) is -1.89. The molecule has 0 aliphatic rings. The fourth-order valence-corrected chi connectivity index (χ4v) is 2.65. The van der Waals surface area contributed by atoms with Gasteiger partial charge in [0.15, 0.2) is 5.82 Å². The molecule has 1 amide bonds. The van der Waals surface area contributed by atoms with Crippen LogP contribution >= 0.6 is 0 Å². The van der Waals surface area contributed by atoms with E-state index in [-0.39, 0.29) is 40.4 Å². The van der Waals surface area contributed by atoms with Gasteiger partial charge < -0.3 is 24.9 Å². The molecular weight excluding hydrogens is 421 g/mol. The number of carbonyl (C=O) groups excluding carboxylic acids is 2. The zero-order valence-corrected chi connectivity index (χ0v) is 15.9. The molecule has 0 saturated carbocycles. The monoisotopic (exact) mass is 436 g/mol. The molecule has 0 saturated heterocycles. The molecule has 3 rings (SSSR count). The summed E-state index contributed by atoms with van der Waals surface area (Å²) in [5.41, 5.74) is 4.86. The van der Waals surface area contributed by atoms with Crippen molar-refractivity contribution < 1.29 is 36.7 Å². The second kappa shape index (κ2) is 8.73. The van der Waals surface area contributed by atoms with Crippen molar-refractivity contribution in [1.29, 1.82) is 0 Å². The van der Waals surface area contributed by atoms with Crippen molar-refractivity contribution in [2.75, 3.05) is 7.11 Å². The molecule has 0 bridgehead atoms. The minimum absolute atomic E-state index is 0.00724. The average molecular weight is 436 g/mol. The highest BCUT2D eigenvalue weighted by molar-refractivity contribution is 6.18. The van der Waals surface area contributed by atoms with Crippen molar-refractivity contribution in [2.24, 2.45) is 5.73 Å². The van der Waals surface area contributed by atoms with Gasteiger partial charge in [-0.05, 0) is 24.3 Å². The first-order chi connectivity index (χ1) is 14.7. The molecule has 12 heteroatoms. The van der Waals surface area contributed by atoms with Gasteiger partial charge in [0.05, 0.1) is 19.2 Å². The van der Waals surface area contributed by atoms with E-state index in [1.165, 1.54) is 31.6 Å². The number of nitrogens with zero attached hydrogens (tertiary/aromatic N) is 2. The molecule has 0 atom stereocenters. The highest BCUT2D eigenvalue weighted by Crippen LogP contribution is 2.30. The van der Waals surface area contributed by atoms with Crippen molar-refractivity contribution in [1.82, 2.24) is 15.3 Å². The van der Waals surface area contributed by atoms with E-state index in [4.69, 9.17) is 14.9 Å². The first-order valence-corrected chi connectivity index (χ1v) is 8.60. The van der Waals surface area contributed by atoms with Crippen molar-refractivity contribution in [3.05, 3.63) is 60.0 Å². The number of methoxy groups -OCH3 is 1. The van der Waals surface area contributed by atoms with E-state index in [9.17, 15) is 22.8 Å². The van der Waals surface area contributed by atoms with Gasteiger partial charge >= 0.3 is 12.3 Å². The topological polar surface area (TPSA) is 130 Å². The number of hydrogen-bond donors (Lipinski definition) is 2. The lowest BCUT2D eigenvalue weighted by atomic mass is 10.1. The van der Waals surface area contributed by atoms with Gasteiger partial charge in [-0.15, -0.1) is 13.2 Å². The van der Waals surface area contributed by atoms with Crippen LogP contribution < -0.4 is 15.8 Å². The third kappa shape index (κ3) is 5.10. The molecule has 0 radical (unpaired) electrons. The summed E-state index contributed by atoms with van der Waals surface area (Å²) in [6.45, 7) is -0.159. The van der Waals surface area contributed by atoms with Crippen LogP contribution in [0.4, 0.5) is 13.2 Å². The van der Waals surface area contributed by atoms with Crippen LogP contribution in [0.15, 0.2) is 47.3 Å². The number of furan rings is 1. The molecule has 0 aliphatic carbocycles. The molecule has 0 fully saturated rings. The van der Waals surface area contributed by atoms with Gasteiger partial charge in [-0.1, -0.05) is 0 Å². The Hall–Kier alpha value is -4.09. The maximum atomic E-state index is 12.5. The second-order valence-corrected chi connectivity index (χ2v) is 5.98. The van der Waals surface area contributed by atoms with E-state index >= 15 is 0 Å². The molecule has 0 unspecified atom stereocenters. The predicted octanol–water partition coefficient (Wildman–Crippen LogP) is 2.52. The molecule has 1 aromatic carbocycles. The smallest absolute Gasteiger partial charge is 0.497 e. The Morgan fingerprint density at radius 2 is 1.94 bits per heavy atom. The Morgan fingerprint density at radius 3 is 2.55 bits per heavy atom. The molecule has 0 spiro atoms. The average Bonchev–Trinajstić information content (AvgIpc) is 3.14. The number of aromatic nitrogens is 2. The number of benzene rings is 1. The molecule has 9 nitrogen and oxygen atoms in total. The van der Waals surface area contributed by atoms with Crippen LogP contribution in [0, 0.1) is 0 Å². The second-order valence-electron chi connectivity index (χ2n) is 5.98. The van der Waals surface area contributed by atoms with E-state index in [0.717, 1.165) is 12.3 Å². The number of esters is 1. The zero-order valence-electron chi connectivity index (χ0n) is 15.9. The normalized spacial score (nSPS) is 11.9. The number of alkyl halides is 3. The lowest BCUT2D eigenvalue weighted by Crippen LogP contribution is -2.25. The number of fused-ring (bicyclic) bond motifs is 1. The van der Waals surface area contributed by atoms with E-state index < -0.39 is 23.8 Å². The Labute approximate surface area is 172 Å². The van der Waals surface area contributed by atoms with Gasteiger partial charge in [-0.2, -0.15) is 0 Å². The number of hydrogen-bond acceptors (Lipinski definition) is 8.